The van der Waals surface area contributed by atoms with E-state index < -0.39 is 16.1 Å². The van der Waals surface area contributed by atoms with Crippen LogP contribution in [0.2, 0.25) is 0 Å². The molecule has 1 rings (SSSR count). The molecule has 9 nitrogen and oxygen atoms in total. The number of methoxy groups -OCH3 is 2. The molecule has 1 aromatic carbocycles. The molecule has 10 heteroatoms. The minimum absolute atomic E-state index is 0.0160. The van der Waals surface area contributed by atoms with Gasteiger partial charge in [-0.2, -0.15) is 8.42 Å². The summed E-state index contributed by atoms with van der Waals surface area (Å²) in [5, 5.41) is 3.41. The average Bonchev–Trinajstić information content (AvgIpc) is 2.57. The zero-order valence-electron chi connectivity index (χ0n) is 14.5. The Morgan fingerprint density at radius 1 is 1.12 bits per heavy atom. The zero-order chi connectivity index (χ0) is 18.9. The van der Waals surface area contributed by atoms with Crippen molar-refractivity contribution in [3.05, 3.63) is 23.8 Å². The molecule has 0 aliphatic rings. The number of carbonyl (C=O) groups excluding carboxylic acids is 1. The van der Waals surface area contributed by atoms with Gasteiger partial charge < -0.3 is 18.9 Å². The minimum Gasteiger partial charge on any atom is -0.493 e. The van der Waals surface area contributed by atoms with Crippen molar-refractivity contribution in [2.45, 2.75) is 6.92 Å². The highest BCUT2D eigenvalue weighted by atomic mass is 32.2. The number of oxime groups is 1. The summed E-state index contributed by atoms with van der Waals surface area (Å²) < 4.78 is 47.1. The summed E-state index contributed by atoms with van der Waals surface area (Å²) >= 11 is 0. The summed E-state index contributed by atoms with van der Waals surface area (Å²) in [4.78, 5) is 12.2. The molecule has 0 spiro atoms. The van der Waals surface area contributed by atoms with Crippen molar-refractivity contribution in [2.75, 3.05) is 40.3 Å². The SMILES string of the molecule is CCOCCOC(=O)/C(=N\OS(C)(=O)=O)c1ccc(OC)c(OC)c1. The van der Waals surface area contributed by atoms with E-state index in [1.165, 1.54) is 32.4 Å². The van der Waals surface area contributed by atoms with E-state index in [9.17, 15) is 13.2 Å². The lowest BCUT2D eigenvalue weighted by atomic mass is 10.1. The summed E-state index contributed by atoms with van der Waals surface area (Å²) in [5.74, 6) is -0.107. The van der Waals surface area contributed by atoms with Crippen molar-refractivity contribution in [1.29, 1.82) is 0 Å². The summed E-state index contributed by atoms with van der Waals surface area (Å²) in [5.41, 5.74) is -0.0920. The maximum Gasteiger partial charge on any atom is 0.361 e. The molecule has 0 radical (unpaired) electrons. The van der Waals surface area contributed by atoms with Gasteiger partial charge in [0.15, 0.2) is 17.2 Å². The summed E-state index contributed by atoms with van der Waals surface area (Å²) in [6, 6.07) is 4.49. The molecule has 0 atom stereocenters. The highest BCUT2D eigenvalue weighted by Gasteiger charge is 2.20. The summed E-state index contributed by atoms with van der Waals surface area (Å²) in [7, 11) is -1.01. The largest absolute Gasteiger partial charge is 0.493 e. The molecule has 140 valence electrons. The van der Waals surface area contributed by atoms with Gasteiger partial charge in [0.2, 0.25) is 0 Å². The molecule has 1 aromatic rings. The van der Waals surface area contributed by atoms with Crippen LogP contribution < -0.4 is 9.47 Å². The molecule has 0 aromatic heterocycles. The normalized spacial score (nSPS) is 11.8. The van der Waals surface area contributed by atoms with Crippen LogP contribution in [0.15, 0.2) is 23.4 Å². The molecule has 0 aliphatic carbocycles. The Kier molecular flexibility index (Phi) is 8.16. The highest BCUT2D eigenvalue weighted by Crippen LogP contribution is 2.28. The monoisotopic (exact) mass is 375 g/mol. The van der Waals surface area contributed by atoms with E-state index in [0.29, 0.717) is 18.1 Å². The lowest BCUT2D eigenvalue weighted by Crippen LogP contribution is -2.22. The van der Waals surface area contributed by atoms with Crippen molar-refractivity contribution in [3.8, 4) is 11.5 Å². The van der Waals surface area contributed by atoms with Crippen LogP contribution in [0.5, 0.6) is 11.5 Å². The van der Waals surface area contributed by atoms with Crippen molar-refractivity contribution in [3.63, 3.8) is 0 Å². The van der Waals surface area contributed by atoms with Gasteiger partial charge in [-0.3, -0.25) is 4.28 Å². The molecular weight excluding hydrogens is 354 g/mol. The van der Waals surface area contributed by atoms with E-state index >= 15 is 0 Å². The van der Waals surface area contributed by atoms with Gasteiger partial charge in [-0.15, -0.1) is 0 Å². The Bertz CT molecular complexity index is 714. The van der Waals surface area contributed by atoms with Crippen LogP contribution in [0.3, 0.4) is 0 Å². The predicted octanol–water partition coefficient (Wildman–Crippen LogP) is 0.964. The Hall–Kier alpha value is -2.33. The van der Waals surface area contributed by atoms with Gasteiger partial charge in [-0.1, -0.05) is 5.16 Å². The fourth-order valence-corrected chi connectivity index (χ4v) is 1.91. The Labute approximate surface area is 146 Å². The van der Waals surface area contributed by atoms with E-state index in [0.717, 1.165) is 6.26 Å². The third kappa shape index (κ3) is 6.98. The first-order valence-electron chi connectivity index (χ1n) is 7.26. The van der Waals surface area contributed by atoms with Gasteiger partial charge in [-0.05, 0) is 25.1 Å². The number of hydrogen-bond donors (Lipinski definition) is 0. The third-order valence-electron chi connectivity index (χ3n) is 2.78. The molecular formula is C15H21NO8S. The maximum absolute atomic E-state index is 12.2. The molecule has 0 bridgehead atoms. The highest BCUT2D eigenvalue weighted by molar-refractivity contribution is 7.85. The second kappa shape index (κ2) is 9.84. The number of benzene rings is 1. The van der Waals surface area contributed by atoms with Crippen LogP contribution in [-0.2, 0) is 28.7 Å². The molecule has 0 saturated heterocycles. The topological polar surface area (TPSA) is 110 Å². The Morgan fingerprint density at radius 2 is 1.80 bits per heavy atom. The maximum atomic E-state index is 12.2. The lowest BCUT2D eigenvalue weighted by Gasteiger charge is -2.11. The molecule has 0 heterocycles. The van der Waals surface area contributed by atoms with Gasteiger partial charge in [-0.25, -0.2) is 4.79 Å². The molecule has 0 saturated carbocycles. The van der Waals surface area contributed by atoms with Gasteiger partial charge in [0, 0.05) is 12.2 Å². The van der Waals surface area contributed by atoms with Crippen molar-refractivity contribution in [1.82, 2.24) is 0 Å². The molecule has 25 heavy (non-hydrogen) atoms. The first-order chi connectivity index (χ1) is 11.8. The zero-order valence-corrected chi connectivity index (χ0v) is 15.3. The quantitative estimate of drug-likeness (QED) is 0.257. The average molecular weight is 375 g/mol. The molecule has 0 N–H and O–H groups in total. The Morgan fingerprint density at radius 3 is 2.36 bits per heavy atom. The van der Waals surface area contributed by atoms with Crippen molar-refractivity contribution < 1.29 is 36.4 Å². The van der Waals surface area contributed by atoms with E-state index in [4.69, 9.17) is 18.9 Å². The van der Waals surface area contributed by atoms with Gasteiger partial charge in [0.25, 0.3) is 0 Å². The molecule has 0 fully saturated rings. The number of carbonyl (C=O) groups is 1. The van der Waals surface area contributed by atoms with Crippen LogP contribution >= 0.6 is 0 Å². The standard InChI is InChI=1S/C15H21NO8S/c1-5-22-8-9-23-15(17)14(16-24-25(4,18)19)11-6-7-12(20-2)13(10-11)21-3/h6-7,10H,5,8-9H2,1-4H3/b16-14-. The summed E-state index contributed by atoms with van der Waals surface area (Å²) in [6.07, 6.45) is 0.809. The minimum atomic E-state index is -3.89. The van der Waals surface area contributed by atoms with Crippen LogP contribution in [-0.4, -0.2) is 60.4 Å². The van der Waals surface area contributed by atoms with Crippen LogP contribution in [0.1, 0.15) is 12.5 Å². The van der Waals surface area contributed by atoms with Crippen LogP contribution in [0.25, 0.3) is 0 Å². The molecule has 0 unspecified atom stereocenters. The fraction of sp³-hybridized carbons (Fsp3) is 0.467. The number of esters is 1. The first kappa shape index (κ1) is 20.7. The van der Waals surface area contributed by atoms with Crippen LogP contribution in [0, 0.1) is 0 Å². The van der Waals surface area contributed by atoms with E-state index in [2.05, 4.69) is 9.44 Å². The summed E-state index contributed by atoms with van der Waals surface area (Å²) in [6.45, 7) is 2.47. The van der Waals surface area contributed by atoms with Gasteiger partial charge >= 0.3 is 16.1 Å². The Balaban J connectivity index is 3.12. The second-order valence-electron chi connectivity index (χ2n) is 4.62. The van der Waals surface area contributed by atoms with E-state index in [1.54, 1.807) is 6.92 Å². The first-order valence-corrected chi connectivity index (χ1v) is 9.08. The van der Waals surface area contributed by atoms with Crippen LogP contribution in [0.4, 0.5) is 0 Å². The molecule has 0 aliphatic heterocycles. The lowest BCUT2D eigenvalue weighted by molar-refractivity contribution is -0.137. The van der Waals surface area contributed by atoms with Crippen molar-refractivity contribution in [2.24, 2.45) is 5.16 Å². The molecule has 0 amide bonds. The number of rotatable bonds is 10. The predicted molar refractivity (Wildman–Crippen MR) is 89.5 cm³/mol. The van der Waals surface area contributed by atoms with Gasteiger partial charge in [0.1, 0.15) is 6.61 Å². The van der Waals surface area contributed by atoms with E-state index in [1.807, 2.05) is 0 Å². The number of hydrogen-bond acceptors (Lipinski definition) is 9. The van der Waals surface area contributed by atoms with Gasteiger partial charge in [0.05, 0.1) is 27.1 Å². The van der Waals surface area contributed by atoms with Crippen molar-refractivity contribution >= 4 is 21.8 Å². The second-order valence-corrected chi connectivity index (χ2v) is 6.18. The van der Waals surface area contributed by atoms with E-state index in [-0.39, 0.29) is 24.5 Å². The number of nitrogens with zero attached hydrogens (tertiary/aromatic N) is 1. The number of ether oxygens (including phenoxy) is 4. The smallest absolute Gasteiger partial charge is 0.361 e. The fourth-order valence-electron chi connectivity index (χ4n) is 1.70. The third-order valence-corrected chi connectivity index (χ3v) is 3.12.